The third kappa shape index (κ3) is 3.65. The lowest BCUT2D eigenvalue weighted by atomic mass is 10.3. The van der Waals surface area contributed by atoms with Gasteiger partial charge in [0.25, 0.3) is 0 Å². The number of hydrogen-bond donors (Lipinski definition) is 0. The molecule has 7 heteroatoms. The molecule has 0 N–H and O–H groups in total. The van der Waals surface area contributed by atoms with Crippen LogP contribution in [0.15, 0.2) is 0 Å². The quantitative estimate of drug-likeness (QED) is 0.611. The first-order valence-corrected chi connectivity index (χ1v) is 7.67. The van der Waals surface area contributed by atoms with Crippen LogP contribution in [0, 0.1) is 0 Å². The first-order valence-electron chi connectivity index (χ1n) is 5.85. The molecule has 2 rings (SSSR count). The van der Waals surface area contributed by atoms with E-state index in [1.54, 1.807) is 4.90 Å². The van der Waals surface area contributed by atoms with Gasteiger partial charge in [-0.05, 0) is 0 Å². The van der Waals surface area contributed by atoms with Gasteiger partial charge in [0, 0.05) is 26.2 Å². The van der Waals surface area contributed by atoms with Gasteiger partial charge in [0.1, 0.15) is 0 Å². The molecule has 2 fully saturated rings. The second-order valence-corrected chi connectivity index (χ2v) is 6.72. The molecule has 1 amide bonds. The van der Waals surface area contributed by atoms with Gasteiger partial charge in [-0.3, -0.25) is 9.69 Å². The Bertz CT molecular complexity index is 362. The lowest BCUT2D eigenvalue weighted by Gasteiger charge is -2.31. The van der Waals surface area contributed by atoms with Crippen LogP contribution in [0.4, 0.5) is 0 Å². The highest BCUT2D eigenvalue weighted by Crippen LogP contribution is 2.05. The van der Waals surface area contributed by atoms with Gasteiger partial charge in [-0.15, -0.1) is 0 Å². The number of morpholine rings is 1. The molecule has 98 valence electrons. The second-order valence-electron chi connectivity index (χ2n) is 4.42. The molecule has 0 spiro atoms. The lowest BCUT2D eigenvalue weighted by Crippen LogP contribution is -2.49. The molecule has 0 aliphatic carbocycles. The van der Waals surface area contributed by atoms with Crippen molar-refractivity contribution in [2.45, 2.75) is 0 Å². The molecule has 17 heavy (non-hydrogen) atoms. The Hall–Kier alpha value is -0.660. The zero-order valence-electron chi connectivity index (χ0n) is 9.80. The monoisotopic (exact) mass is 262 g/mol. The Balaban J connectivity index is 1.80. The smallest absolute Gasteiger partial charge is 0.236 e. The van der Waals surface area contributed by atoms with Gasteiger partial charge in [0.15, 0.2) is 9.84 Å². The van der Waals surface area contributed by atoms with Gasteiger partial charge in [0.2, 0.25) is 5.91 Å². The molecule has 6 nitrogen and oxygen atoms in total. The zero-order chi connectivity index (χ0) is 12.3. The summed E-state index contributed by atoms with van der Waals surface area (Å²) in [6, 6.07) is 0. The zero-order valence-corrected chi connectivity index (χ0v) is 10.6. The molecular formula is C10H18N2O4S. The van der Waals surface area contributed by atoms with Gasteiger partial charge in [0.05, 0.1) is 31.3 Å². The fourth-order valence-corrected chi connectivity index (χ4v) is 3.21. The Morgan fingerprint density at radius 1 is 1.06 bits per heavy atom. The molecule has 2 saturated heterocycles. The fourth-order valence-electron chi connectivity index (χ4n) is 2.01. The molecule has 0 aromatic heterocycles. The number of rotatable bonds is 2. The van der Waals surface area contributed by atoms with Gasteiger partial charge in [-0.25, -0.2) is 8.42 Å². The topological polar surface area (TPSA) is 66.9 Å². The van der Waals surface area contributed by atoms with Crippen molar-refractivity contribution < 1.29 is 17.9 Å². The predicted octanol–water partition coefficient (Wildman–Crippen LogP) is -1.42. The van der Waals surface area contributed by atoms with Crippen molar-refractivity contribution in [3.8, 4) is 0 Å². The van der Waals surface area contributed by atoms with E-state index in [0.29, 0.717) is 32.8 Å². The summed E-state index contributed by atoms with van der Waals surface area (Å²) in [4.78, 5) is 15.6. The van der Waals surface area contributed by atoms with Gasteiger partial charge < -0.3 is 9.64 Å². The third-order valence-corrected chi connectivity index (χ3v) is 4.77. The predicted molar refractivity (Wildman–Crippen MR) is 62.5 cm³/mol. The molecule has 0 bridgehead atoms. The van der Waals surface area contributed by atoms with Gasteiger partial charge in [-0.1, -0.05) is 0 Å². The number of nitrogens with zero attached hydrogens (tertiary/aromatic N) is 2. The maximum Gasteiger partial charge on any atom is 0.236 e. The van der Waals surface area contributed by atoms with Crippen LogP contribution in [0.3, 0.4) is 0 Å². The van der Waals surface area contributed by atoms with E-state index >= 15 is 0 Å². The molecule has 2 aliphatic rings. The summed E-state index contributed by atoms with van der Waals surface area (Å²) in [5, 5.41) is 0. The average molecular weight is 262 g/mol. The summed E-state index contributed by atoms with van der Waals surface area (Å²) in [5.41, 5.74) is 0. The summed E-state index contributed by atoms with van der Waals surface area (Å²) in [7, 11) is -2.91. The number of amides is 1. The molecule has 0 saturated carbocycles. The highest BCUT2D eigenvalue weighted by molar-refractivity contribution is 7.91. The minimum Gasteiger partial charge on any atom is -0.379 e. The van der Waals surface area contributed by atoms with Crippen molar-refractivity contribution in [2.24, 2.45) is 0 Å². The van der Waals surface area contributed by atoms with E-state index in [1.165, 1.54) is 0 Å². The highest BCUT2D eigenvalue weighted by atomic mass is 32.2. The second kappa shape index (κ2) is 5.32. The van der Waals surface area contributed by atoms with Crippen LogP contribution in [0.5, 0.6) is 0 Å². The molecule has 0 atom stereocenters. The van der Waals surface area contributed by atoms with Gasteiger partial charge in [-0.2, -0.15) is 0 Å². The van der Waals surface area contributed by atoms with Gasteiger partial charge >= 0.3 is 0 Å². The number of carbonyl (C=O) groups excluding carboxylic acids is 1. The Morgan fingerprint density at radius 3 is 2.24 bits per heavy atom. The van der Waals surface area contributed by atoms with Crippen LogP contribution >= 0.6 is 0 Å². The largest absolute Gasteiger partial charge is 0.379 e. The van der Waals surface area contributed by atoms with Crippen LogP contribution in [0.1, 0.15) is 0 Å². The van der Waals surface area contributed by atoms with Crippen molar-refractivity contribution in [3.63, 3.8) is 0 Å². The van der Waals surface area contributed by atoms with Crippen molar-refractivity contribution in [3.05, 3.63) is 0 Å². The molecule has 0 aromatic rings. The van der Waals surface area contributed by atoms with E-state index in [2.05, 4.69) is 4.90 Å². The first-order chi connectivity index (χ1) is 8.07. The summed E-state index contributed by atoms with van der Waals surface area (Å²) in [5.74, 6) is 0.228. The number of carbonyl (C=O) groups is 1. The van der Waals surface area contributed by atoms with Crippen molar-refractivity contribution in [2.75, 3.05) is 57.4 Å². The van der Waals surface area contributed by atoms with Crippen molar-refractivity contribution >= 4 is 15.7 Å². The Kier molecular flexibility index (Phi) is 4.01. The molecular weight excluding hydrogens is 244 g/mol. The molecule has 0 aromatic carbocycles. The molecule has 0 radical (unpaired) electrons. The van der Waals surface area contributed by atoms with E-state index < -0.39 is 9.84 Å². The van der Waals surface area contributed by atoms with Crippen molar-refractivity contribution in [1.82, 2.24) is 9.80 Å². The van der Waals surface area contributed by atoms with Crippen LogP contribution in [-0.2, 0) is 19.4 Å². The molecule has 2 heterocycles. The maximum atomic E-state index is 11.9. The van der Waals surface area contributed by atoms with E-state index in [9.17, 15) is 13.2 Å². The van der Waals surface area contributed by atoms with E-state index in [4.69, 9.17) is 4.74 Å². The number of sulfone groups is 1. The number of hydrogen-bond acceptors (Lipinski definition) is 5. The third-order valence-electron chi connectivity index (χ3n) is 3.16. The normalized spacial score (nSPS) is 25.8. The molecule has 2 aliphatic heterocycles. The minimum absolute atomic E-state index is 0.0294. The van der Waals surface area contributed by atoms with E-state index in [-0.39, 0.29) is 17.4 Å². The summed E-state index contributed by atoms with van der Waals surface area (Å²) >= 11 is 0. The minimum atomic E-state index is -2.91. The fraction of sp³-hybridized carbons (Fsp3) is 0.900. The summed E-state index contributed by atoms with van der Waals surface area (Å²) < 4.78 is 27.7. The van der Waals surface area contributed by atoms with Crippen LogP contribution in [0.25, 0.3) is 0 Å². The lowest BCUT2D eigenvalue weighted by molar-refractivity contribution is -0.133. The van der Waals surface area contributed by atoms with E-state index in [0.717, 1.165) is 13.1 Å². The summed E-state index contributed by atoms with van der Waals surface area (Å²) in [6.07, 6.45) is 0. The maximum absolute atomic E-state index is 11.9. The number of ether oxygens (including phenoxy) is 1. The first kappa shape index (κ1) is 12.8. The Labute approximate surface area is 101 Å². The SMILES string of the molecule is O=C(CN1CCOCC1)N1CCS(=O)(=O)CC1. The van der Waals surface area contributed by atoms with Crippen LogP contribution in [-0.4, -0.2) is 81.6 Å². The van der Waals surface area contributed by atoms with Crippen LogP contribution < -0.4 is 0 Å². The average Bonchev–Trinajstić information content (AvgIpc) is 2.30. The van der Waals surface area contributed by atoms with Crippen LogP contribution in [0.2, 0.25) is 0 Å². The molecule has 0 unspecified atom stereocenters. The Morgan fingerprint density at radius 2 is 1.65 bits per heavy atom. The van der Waals surface area contributed by atoms with E-state index in [1.807, 2.05) is 0 Å². The van der Waals surface area contributed by atoms with Crippen molar-refractivity contribution in [1.29, 1.82) is 0 Å². The highest BCUT2D eigenvalue weighted by Gasteiger charge is 2.26. The standard InChI is InChI=1S/C10H18N2O4S/c13-10(9-11-1-5-16-6-2-11)12-3-7-17(14,15)8-4-12/h1-9H2. The summed E-state index contributed by atoms with van der Waals surface area (Å²) in [6.45, 7) is 3.94.